The zero-order valence-electron chi connectivity index (χ0n) is 9.74. The molecule has 3 fully saturated rings. The van der Waals surface area contributed by atoms with Gasteiger partial charge in [0.1, 0.15) is 5.41 Å². The Labute approximate surface area is 95.6 Å². The standard InChI is InChI=1S/C12H19NO3/c1-11(10(14)15)8-16-5-9(11)13-6-12(7-13)3-2-4-12/h9H,2-8H2,1H3,(H,14,15). The van der Waals surface area contributed by atoms with Gasteiger partial charge in [0.2, 0.25) is 0 Å². The molecule has 90 valence electrons. The van der Waals surface area contributed by atoms with Gasteiger partial charge in [0.05, 0.1) is 19.3 Å². The van der Waals surface area contributed by atoms with E-state index in [-0.39, 0.29) is 6.04 Å². The maximum absolute atomic E-state index is 11.3. The first-order valence-corrected chi connectivity index (χ1v) is 6.11. The summed E-state index contributed by atoms with van der Waals surface area (Å²) in [6, 6.07) is 0.0798. The number of likely N-dealkylation sites (tertiary alicyclic amines) is 1. The van der Waals surface area contributed by atoms with Crippen molar-refractivity contribution in [1.82, 2.24) is 4.90 Å². The van der Waals surface area contributed by atoms with Crippen LogP contribution in [0.3, 0.4) is 0 Å². The van der Waals surface area contributed by atoms with Gasteiger partial charge in [-0.15, -0.1) is 0 Å². The summed E-state index contributed by atoms with van der Waals surface area (Å²) in [5.74, 6) is -0.718. The van der Waals surface area contributed by atoms with E-state index in [4.69, 9.17) is 4.74 Å². The minimum Gasteiger partial charge on any atom is -0.481 e. The molecule has 3 rings (SSSR count). The molecule has 2 aliphatic heterocycles. The number of nitrogens with zero attached hydrogens (tertiary/aromatic N) is 1. The van der Waals surface area contributed by atoms with Crippen LogP contribution in [0.4, 0.5) is 0 Å². The van der Waals surface area contributed by atoms with Crippen molar-refractivity contribution in [2.45, 2.75) is 32.2 Å². The van der Waals surface area contributed by atoms with Crippen LogP contribution in [0.1, 0.15) is 26.2 Å². The lowest BCUT2D eigenvalue weighted by Crippen LogP contribution is -2.66. The van der Waals surface area contributed by atoms with E-state index in [2.05, 4.69) is 4.90 Å². The normalized spacial score (nSPS) is 41.7. The van der Waals surface area contributed by atoms with Crippen LogP contribution >= 0.6 is 0 Å². The lowest BCUT2D eigenvalue weighted by molar-refractivity contribution is -0.156. The van der Waals surface area contributed by atoms with Crippen LogP contribution in [0, 0.1) is 10.8 Å². The van der Waals surface area contributed by atoms with Gasteiger partial charge < -0.3 is 9.84 Å². The maximum atomic E-state index is 11.3. The van der Waals surface area contributed by atoms with Crippen molar-refractivity contribution in [2.24, 2.45) is 10.8 Å². The second-order valence-electron chi connectivity index (χ2n) is 6.01. The summed E-state index contributed by atoms with van der Waals surface area (Å²) < 4.78 is 5.39. The molecule has 2 atom stereocenters. The van der Waals surface area contributed by atoms with E-state index in [1.807, 2.05) is 6.92 Å². The molecule has 0 aromatic carbocycles. The minimum absolute atomic E-state index is 0.0798. The number of carbonyl (C=O) groups is 1. The Balaban J connectivity index is 1.69. The highest BCUT2D eigenvalue weighted by atomic mass is 16.5. The molecule has 0 radical (unpaired) electrons. The summed E-state index contributed by atoms with van der Waals surface area (Å²) in [6.45, 7) is 4.93. The molecule has 16 heavy (non-hydrogen) atoms. The Hall–Kier alpha value is -0.610. The van der Waals surface area contributed by atoms with Crippen molar-refractivity contribution >= 4 is 5.97 Å². The van der Waals surface area contributed by atoms with Gasteiger partial charge in [0.15, 0.2) is 0 Å². The number of hydrogen-bond donors (Lipinski definition) is 1. The van der Waals surface area contributed by atoms with E-state index < -0.39 is 11.4 Å². The fourth-order valence-corrected chi connectivity index (χ4v) is 3.40. The van der Waals surface area contributed by atoms with Gasteiger partial charge in [-0.2, -0.15) is 0 Å². The lowest BCUT2D eigenvalue weighted by Gasteiger charge is -2.59. The van der Waals surface area contributed by atoms with Gasteiger partial charge in [-0.25, -0.2) is 0 Å². The summed E-state index contributed by atoms with van der Waals surface area (Å²) in [6.07, 6.45) is 4.02. The van der Waals surface area contributed by atoms with Crippen LogP contribution in [-0.2, 0) is 9.53 Å². The zero-order valence-corrected chi connectivity index (χ0v) is 9.74. The average Bonchev–Trinajstić information content (AvgIpc) is 2.45. The average molecular weight is 225 g/mol. The van der Waals surface area contributed by atoms with Crippen LogP contribution in [0.15, 0.2) is 0 Å². The van der Waals surface area contributed by atoms with Crippen molar-refractivity contribution in [1.29, 1.82) is 0 Å². The first kappa shape index (κ1) is 10.5. The Bertz CT molecular complexity index is 318. The van der Waals surface area contributed by atoms with E-state index in [0.29, 0.717) is 18.6 Å². The molecule has 1 saturated carbocycles. The van der Waals surface area contributed by atoms with E-state index in [1.165, 1.54) is 19.3 Å². The van der Waals surface area contributed by atoms with E-state index in [9.17, 15) is 9.90 Å². The predicted octanol–water partition coefficient (Wildman–Crippen LogP) is 0.962. The molecule has 4 heteroatoms. The van der Waals surface area contributed by atoms with Crippen molar-refractivity contribution in [2.75, 3.05) is 26.3 Å². The van der Waals surface area contributed by atoms with Crippen LogP contribution in [-0.4, -0.2) is 48.3 Å². The fraction of sp³-hybridized carbons (Fsp3) is 0.917. The molecule has 1 N–H and O–H groups in total. The summed E-state index contributed by atoms with van der Waals surface area (Å²) in [5, 5.41) is 9.31. The van der Waals surface area contributed by atoms with Gasteiger partial charge >= 0.3 is 5.97 Å². The fourth-order valence-electron chi connectivity index (χ4n) is 3.40. The first-order valence-electron chi connectivity index (χ1n) is 6.11. The molecule has 0 amide bonds. The van der Waals surface area contributed by atoms with Gasteiger partial charge in [0, 0.05) is 13.1 Å². The molecule has 0 bridgehead atoms. The second-order valence-corrected chi connectivity index (χ2v) is 6.01. The van der Waals surface area contributed by atoms with E-state index in [0.717, 1.165) is 13.1 Å². The number of ether oxygens (including phenoxy) is 1. The number of carboxylic acids is 1. The number of aliphatic carboxylic acids is 1. The molecule has 0 aromatic rings. The third-order valence-corrected chi connectivity index (χ3v) is 4.83. The first-order chi connectivity index (χ1) is 7.56. The summed E-state index contributed by atoms with van der Waals surface area (Å²) in [7, 11) is 0. The number of rotatable bonds is 2. The lowest BCUT2D eigenvalue weighted by atomic mass is 9.62. The molecule has 0 aromatic heterocycles. The summed E-state index contributed by atoms with van der Waals surface area (Å²) in [5.41, 5.74) is -0.145. The predicted molar refractivity (Wildman–Crippen MR) is 58.2 cm³/mol. The van der Waals surface area contributed by atoms with Gasteiger partial charge in [-0.3, -0.25) is 9.69 Å². The highest BCUT2D eigenvalue weighted by Crippen LogP contribution is 2.50. The SMILES string of the molecule is CC1(C(=O)O)COCC1N1CC2(CCC2)C1. The highest BCUT2D eigenvalue weighted by molar-refractivity contribution is 5.75. The van der Waals surface area contributed by atoms with Crippen LogP contribution in [0.25, 0.3) is 0 Å². The molecule has 4 nitrogen and oxygen atoms in total. The van der Waals surface area contributed by atoms with Crippen molar-refractivity contribution in [3.8, 4) is 0 Å². The second kappa shape index (κ2) is 3.20. The Kier molecular flexibility index (Phi) is 2.11. The molecule has 2 unspecified atom stereocenters. The monoisotopic (exact) mass is 225 g/mol. The van der Waals surface area contributed by atoms with Gasteiger partial charge in [-0.1, -0.05) is 6.42 Å². The third kappa shape index (κ3) is 1.26. The van der Waals surface area contributed by atoms with E-state index in [1.54, 1.807) is 0 Å². The maximum Gasteiger partial charge on any atom is 0.313 e. The van der Waals surface area contributed by atoms with Crippen molar-refractivity contribution < 1.29 is 14.6 Å². The van der Waals surface area contributed by atoms with Crippen LogP contribution in [0.5, 0.6) is 0 Å². The summed E-state index contributed by atoms with van der Waals surface area (Å²) >= 11 is 0. The molecule has 1 spiro atoms. The molecule has 2 saturated heterocycles. The molecular formula is C12H19NO3. The number of carboxylic acid groups (broad SMARTS) is 1. The quantitative estimate of drug-likeness (QED) is 0.760. The van der Waals surface area contributed by atoms with E-state index >= 15 is 0 Å². The number of hydrogen-bond acceptors (Lipinski definition) is 3. The summed E-state index contributed by atoms with van der Waals surface area (Å²) in [4.78, 5) is 13.6. The molecule has 2 heterocycles. The largest absolute Gasteiger partial charge is 0.481 e. The topological polar surface area (TPSA) is 49.8 Å². The smallest absolute Gasteiger partial charge is 0.313 e. The van der Waals surface area contributed by atoms with Gasteiger partial charge in [-0.05, 0) is 25.2 Å². The van der Waals surface area contributed by atoms with Crippen LogP contribution in [0.2, 0.25) is 0 Å². The molecule has 3 aliphatic rings. The molecule has 1 aliphatic carbocycles. The van der Waals surface area contributed by atoms with Crippen molar-refractivity contribution in [3.63, 3.8) is 0 Å². The Morgan fingerprint density at radius 3 is 2.62 bits per heavy atom. The van der Waals surface area contributed by atoms with Crippen LogP contribution < -0.4 is 0 Å². The van der Waals surface area contributed by atoms with Gasteiger partial charge in [0.25, 0.3) is 0 Å². The molecular weight excluding hydrogens is 206 g/mol. The Morgan fingerprint density at radius 1 is 1.44 bits per heavy atom. The zero-order chi connectivity index (χ0) is 11.4. The Morgan fingerprint density at radius 2 is 2.12 bits per heavy atom. The minimum atomic E-state index is -0.718. The third-order valence-electron chi connectivity index (χ3n) is 4.83. The van der Waals surface area contributed by atoms with Crippen molar-refractivity contribution in [3.05, 3.63) is 0 Å². The highest BCUT2D eigenvalue weighted by Gasteiger charge is 2.56.